The third kappa shape index (κ3) is 3.60. The Kier molecular flexibility index (Phi) is 4.40. The summed E-state index contributed by atoms with van der Waals surface area (Å²) in [6.45, 7) is 5.57. The topological polar surface area (TPSA) is 44.5 Å². The van der Waals surface area contributed by atoms with Crippen LogP contribution in [0.25, 0.3) is 0 Å². The van der Waals surface area contributed by atoms with Gasteiger partial charge in [-0.2, -0.15) is 11.8 Å². The maximum absolute atomic E-state index is 6.14. The van der Waals surface area contributed by atoms with E-state index in [-0.39, 0.29) is 11.2 Å². The lowest BCUT2D eigenvalue weighted by Gasteiger charge is -2.44. The van der Waals surface area contributed by atoms with E-state index < -0.39 is 0 Å². The molecule has 2 aliphatic heterocycles. The van der Waals surface area contributed by atoms with Gasteiger partial charge in [-0.1, -0.05) is 0 Å². The maximum atomic E-state index is 6.14. The lowest BCUT2D eigenvalue weighted by atomic mass is 9.86. The molecule has 2 aliphatic rings. The third-order valence-electron chi connectivity index (χ3n) is 3.83. The molecule has 2 N–H and O–H groups in total. The van der Waals surface area contributed by atoms with Crippen LogP contribution in [-0.2, 0) is 9.47 Å². The van der Waals surface area contributed by atoms with Crippen LogP contribution < -0.4 is 5.73 Å². The van der Waals surface area contributed by atoms with Crippen molar-refractivity contribution in [2.24, 2.45) is 5.73 Å². The lowest BCUT2D eigenvalue weighted by molar-refractivity contribution is -0.167. The first-order chi connectivity index (χ1) is 8.05. The summed E-state index contributed by atoms with van der Waals surface area (Å²) in [7, 11) is 0. The van der Waals surface area contributed by atoms with Crippen LogP contribution in [0.5, 0.6) is 0 Å². The van der Waals surface area contributed by atoms with Crippen molar-refractivity contribution in [2.45, 2.75) is 56.8 Å². The Hall–Kier alpha value is 0.230. The molecule has 2 heterocycles. The minimum Gasteiger partial charge on any atom is -0.375 e. The molecule has 0 bridgehead atoms. The fraction of sp³-hybridized carbons (Fsp3) is 1.00. The minimum atomic E-state index is -0.202. The Bertz CT molecular complexity index is 246. The molecule has 0 aromatic rings. The van der Waals surface area contributed by atoms with Gasteiger partial charge < -0.3 is 15.2 Å². The Balaban J connectivity index is 1.92. The van der Waals surface area contributed by atoms with E-state index in [9.17, 15) is 0 Å². The van der Waals surface area contributed by atoms with E-state index in [1.165, 1.54) is 24.3 Å². The second kappa shape index (κ2) is 5.47. The predicted octanol–water partition coefficient (Wildman–Crippen LogP) is 2.19. The van der Waals surface area contributed by atoms with Gasteiger partial charge in [-0.3, -0.25) is 0 Å². The number of nitrogens with two attached hydrogens (primary N) is 1. The van der Waals surface area contributed by atoms with E-state index in [0.29, 0.717) is 12.6 Å². The molecule has 1 spiro atoms. The van der Waals surface area contributed by atoms with E-state index in [2.05, 4.69) is 13.8 Å². The number of rotatable bonds is 3. The second-order valence-electron chi connectivity index (χ2n) is 5.84. The van der Waals surface area contributed by atoms with Crippen molar-refractivity contribution in [3.05, 3.63) is 0 Å². The van der Waals surface area contributed by atoms with Gasteiger partial charge in [-0.15, -0.1) is 0 Å². The van der Waals surface area contributed by atoms with Crippen molar-refractivity contribution in [1.29, 1.82) is 0 Å². The maximum Gasteiger partial charge on any atom is 0.0751 e. The van der Waals surface area contributed by atoms with Gasteiger partial charge in [0.15, 0.2) is 0 Å². The molecule has 17 heavy (non-hydrogen) atoms. The number of ether oxygens (including phenoxy) is 2. The van der Waals surface area contributed by atoms with Gasteiger partial charge in [-0.05, 0) is 44.6 Å². The van der Waals surface area contributed by atoms with Crippen molar-refractivity contribution in [3.8, 4) is 0 Å². The summed E-state index contributed by atoms with van der Waals surface area (Å²) < 4.78 is 12.2. The fourth-order valence-electron chi connectivity index (χ4n) is 2.67. The van der Waals surface area contributed by atoms with Crippen LogP contribution in [0.15, 0.2) is 0 Å². The van der Waals surface area contributed by atoms with Crippen molar-refractivity contribution in [2.75, 3.05) is 24.7 Å². The van der Waals surface area contributed by atoms with Gasteiger partial charge in [0.1, 0.15) is 0 Å². The zero-order valence-corrected chi connectivity index (χ0v) is 11.9. The van der Waals surface area contributed by atoms with E-state index >= 15 is 0 Å². The van der Waals surface area contributed by atoms with Crippen LogP contribution >= 0.6 is 11.8 Å². The molecule has 0 aromatic heterocycles. The Morgan fingerprint density at radius 2 is 2.12 bits per heavy atom. The molecular weight excluding hydrogens is 234 g/mol. The van der Waals surface area contributed by atoms with Crippen LogP contribution in [0.3, 0.4) is 0 Å². The third-order valence-corrected chi connectivity index (χ3v) is 4.81. The molecule has 0 amide bonds. The van der Waals surface area contributed by atoms with E-state index in [4.69, 9.17) is 15.2 Å². The monoisotopic (exact) mass is 259 g/mol. The summed E-state index contributed by atoms with van der Waals surface area (Å²) in [6.07, 6.45) is 4.75. The second-order valence-corrected chi connectivity index (χ2v) is 7.07. The largest absolute Gasteiger partial charge is 0.375 e. The first kappa shape index (κ1) is 13.7. The average molecular weight is 259 g/mol. The average Bonchev–Trinajstić information content (AvgIpc) is 2.29. The molecule has 0 radical (unpaired) electrons. The highest BCUT2D eigenvalue weighted by Gasteiger charge is 2.40. The molecule has 4 heteroatoms. The van der Waals surface area contributed by atoms with Crippen LogP contribution in [0, 0.1) is 0 Å². The van der Waals surface area contributed by atoms with Crippen molar-refractivity contribution in [3.63, 3.8) is 0 Å². The summed E-state index contributed by atoms with van der Waals surface area (Å²) in [6, 6.07) is 0. The zero-order chi connectivity index (χ0) is 12.4. The molecule has 2 rings (SSSR count). The molecule has 1 atom stereocenters. The van der Waals surface area contributed by atoms with Gasteiger partial charge in [0, 0.05) is 19.6 Å². The van der Waals surface area contributed by atoms with Gasteiger partial charge in [-0.25, -0.2) is 0 Å². The molecule has 3 nitrogen and oxygen atoms in total. The van der Waals surface area contributed by atoms with Crippen LogP contribution in [0.4, 0.5) is 0 Å². The first-order valence-corrected chi connectivity index (χ1v) is 7.80. The number of hydrogen-bond acceptors (Lipinski definition) is 4. The van der Waals surface area contributed by atoms with Gasteiger partial charge >= 0.3 is 0 Å². The normalized spacial score (nSPS) is 29.5. The summed E-state index contributed by atoms with van der Waals surface area (Å²) in [5, 5.41) is 0. The van der Waals surface area contributed by atoms with Crippen LogP contribution in [-0.4, -0.2) is 42.0 Å². The number of thioether (sulfide) groups is 1. The molecule has 0 aromatic carbocycles. The number of hydrogen-bond donors (Lipinski definition) is 1. The molecule has 2 fully saturated rings. The summed E-state index contributed by atoms with van der Waals surface area (Å²) in [5.74, 6) is 2.46. The summed E-state index contributed by atoms with van der Waals surface area (Å²) in [4.78, 5) is 0. The highest BCUT2D eigenvalue weighted by Crippen LogP contribution is 2.39. The fourth-order valence-corrected chi connectivity index (χ4v) is 3.91. The Morgan fingerprint density at radius 3 is 2.76 bits per heavy atom. The minimum absolute atomic E-state index is 0.110. The highest BCUT2D eigenvalue weighted by atomic mass is 32.2. The Labute approximate surface area is 109 Å². The molecule has 0 saturated carbocycles. The molecular formula is C13H25NO2S. The van der Waals surface area contributed by atoms with Crippen LogP contribution in [0.2, 0.25) is 0 Å². The summed E-state index contributed by atoms with van der Waals surface area (Å²) in [5.41, 5.74) is 5.64. The summed E-state index contributed by atoms with van der Waals surface area (Å²) >= 11 is 2.04. The zero-order valence-electron chi connectivity index (χ0n) is 11.0. The van der Waals surface area contributed by atoms with E-state index in [0.717, 1.165) is 19.4 Å². The quantitative estimate of drug-likeness (QED) is 0.844. The molecule has 1 unspecified atom stereocenters. The smallest absolute Gasteiger partial charge is 0.0751 e. The standard InChI is InChI=1S/C13H25NO2S/c1-12(2,10-14)16-11-3-6-15-13(9-11)4-7-17-8-5-13/h11H,3-10,14H2,1-2H3. The SMILES string of the molecule is CC(C)(CN)OC1CCOC2(CCSCC2)C1. The first-order valence-electron chi connectivity index (χ1n) is 6.65. The van der Waals surface area contributed by atoms with Gasteiger partial charge in [0.25, 0.3) is 0 Å². The molecule has 100 valence electrons. The van der Waals surface area contributed by atoms with Crippen LogP contribution in [0.1, 0.15) is 39.5 Å². The van der Waals surface area contributed by atoms with Crippen molar-refractivity contribution >= 4 is 11.8 Å². The van der Waals surface area contributed by atoms with Crippen molar-refractivity contribution in [1.82, 2.24) is 0 Å². The van der Waals surface area contributed by atoms with Gasteiger partial charge in [0.05, 0.1) is 17.3 Å². The van der Waals surface area contributed by atoms with E-state index in [1.54, 1.807) is 0 Å². The van der Waals surface area contributed by atoms with Gasteiger partial charge in [0.2, 0.25) is 0 Å². The highest BCUT2D eigenvalue weighted by molar-refractivity contribution is 7.99. The van der Waals surface area contributed by atoms with E-state index in [1.807, 2.05) is 11.8 Å². The molecule has 0 aliphatic carbocycles. The Morgan fingerprint density at radius 1 is 1.41 bits per heavy atom. The van der Waals surface area contributed by atoms with Crippen molar-refractivity contribution < 1.29 is 9.47 Å². The predicted molar refractivity (Wildman–Crippen MR) is 72.5 cm³/mol. The lowest BCUT2D eigenvalue weighted by Crippen LogP contribution is -2.48. The molecule has 2 saturated heterocycles.